The van der Waals surface area contributed by atoms with Crippen LogP contribution >= 0.6 is 0 Å². The van der Waals surface area contributed by atoms with E-state index in [1.165, 1.54) is 0 Å². The third-order valence-electron chi connectivity index (χ3n) is 12.7. The van der Waals surface area contributed by atoms with Crippen molar-refractivity contribution < 1.29 is 61.9 Å². The fourth-order valence-corrected chi connectivity index (χ4v) is 8.45. The van der Waals surface area contributed by atoms with Crippen LogP contribution in [0.3, 0.4) is 0 Å². The van der Waals surface area contributed by atoms with Crippen molar-refractivity contribution in [2.75, 3.05) is 47.1 Å². The highest BCUT2D eigenvalue weighted by atomic mass is 16.9. The van der Waals surface area contributed by atoms with Crippen molar-refractivity contribution in [3.8, 4) is 0 Å². The molecule has 0 saturated carbocycles. The van der Waals surface area contributed by atoms with E-state index in [2.05, 4.69) is 34.6 Å². The van der Waals surface area contributed by atoms with Gasteiger partial charge in [-0.25, -0.2) is 0 Å². The summed E-state index contributed by atoms with van der Waals surface area (Å²) >= 11 is 0. The van der Waals surface area contributed by atoms with Crippen LogP contribution in [0.4, 0.5) is 0 Å². The van der Waals surface area contributed by atoms with E-state index in [0.29, 0.717) is 77.6 Å². The minimum Gasteiger partial charge on any atom is -0.465 e. The Morgan fingerprint density at radius 3 is 1.22 bits per heavy atom. The Morgan fingerprint density at radius 1 is 0.448 bits per heavy atom. The number of unbranched alkanes of at least 4 members (excludes halogenated alkanes) is 14. The second-order valence-corrected chi connectivity index (χ2v) is 19.6. The lowest BCUT2D eigenvalue weighted by Gasteiger charge is -2.51. The number of nitrogens with zero attached hydrogens (tertiary/aromatic N) is 1. The highest BCUT2D eigenvalue weighted by Gasteiger charge is 2.53. The average molecular weight is 954 g/mol. The van der Waals surface area contributed by atoms with Gasteiger partial charge in [0.15, 0.2) is 0 Å². The number of carbonyl (C=O) groups excluding carboxylic acids is 5. The Kier molecular flexibility index (Phi) is 32.6. The molecule has 4 atom stereocenters. The summed E-state index contributed by atoms with van der Waals surface area (Å²) in [6.07, 6.45) is 17.3. The van der Waals surface area contributed by atoms with Gasteiger partial charge in [0.25, 0.3) is 5.97 Å². The summed E-state index contributed by atoms with van der Waals surface area (Å²) in [5.74, 6) is -2.75. The van der Waals surface area contributed by atoms with Gasteiger partial charge in [-0.2, -0.15) is 0 Å². The van der Waals surface area contributed by atoms with Crippen LogP contribution in [0.2, 0.25) is 0 Å². The van der Waals surface area contributed by atoms with Crippen molar-refractivity contribution in [1.29, 1.82) is 0 Å². The maximum absolute atomic E-state index is 13.6. The van der Waals surface area contributed by atoms with E-state index in [0.717, 1.165) is 109 Å². The fraction of sp³-hybridized carbons (Fsp3) is 0.906. The smallest absolute Gasteiger partial charge is 0.306 e. The molecular formula is C53H95NO13. The molecule has 3 aliphatic heterocycles. The number of ether oxygens (including phenoxy) is 8. The normalized spacial score (nSPS) is 19.6. The third kappa shape index (κ3) is 26.7. The first kappa shape index (κ1) is 60.3. The molecule has 0 aromatic carbocycles. The monoisotopic (exact) mass is 954 g/mol. The van der Waals surface area contributed by atoms with E-state index in [9.17, 15) is 24.0 Å². The average Bonchev–Trinajstić information content (AvgIpc) is 3.30. The summed E-state index contributed by atoms with van der Waals surface area (Å²) in [4.78, 5) is 68.2. The minimum atomic E-state index is -1.09. The summed E-state index contributed by atoms with van der Waals surface area (Å²) in [5.41, 5.74) is -0.498. The molecule has 3 heterocycles. The van der Waals surface area contributed by atoms with Gasteiger partial charge >= 0.3 is 29.8 Å². The topological polar surface area (TPSA) is 162 Å². The summed E-state index contributed by atoms with van der Waals surface area (Å²) in [7, 11) is 3.95. The molecule has 0 radical (unpaired) electrons. The van der Waals surface area contributed by atoms with Crippen molar-refractivity contribution in [3.63, 3.8) is 0 Å². The van der Waals surface area contributed by atoms with Gasteiger partial charge in [-0.15, -0.1) is 0 Å². The van der Waals surface area contributed by atoms with Gasteiger partial charge in [-0.05, 0) is 84.8 Å². The SMILES string of the molecule is CCCCCC(=O)OC(CCCCC)C(CC(OC(=O)CCCCC)C(CCCCCCCC12OCC(COC(=O)CCCN(C)C)(CO1)CO2)OC(=O)CCCCC)OC(=O)CCCCC. The Balaban J connectivity index is 2.20. The summed E-state index contributed by atoms with van der Waals surface area (Å²) in [6, 6.07) is 0. The molecule has 3 rings (SSSR count). The van der Waals surface area contributed by atoms with Crippen LogP contribution in [0, 0.1) is 5.41 Å². The van der Waals surface area contributed by atoms with Gasteiger partial charge < -0.3 is 42.8 Å². The van der Waals surface area contributed by atoms with Crippen LogP contribution in [-0.2, 0) is 61.9 Å². The molecule has 3 aliphatic rings. The molecule has 0 aromatic rings. The molecule has 2 bridgehead atoms. The van der Waals surface area contributed by atoms with Crippen molar-refractivity contribution in [3.05, 3.63) is 0 Å². The number of hydrogen-bond acceptors (Lipinski definition) is 14. The number of hydrogen-bond donors (Lipinski definition) is 0. The van der Waals surface area contributed by atoms with Crippen LogP contribution in [0.25, 0.3) is 0 Å². The molecule has 14 heteroatoms. The zero-order valence-corrected chi connectivity index (χ0v) is 43.3. The quantitative estimate of drug-likeness (QED) is 0.0323. The Morgan fingerprint density at radius 2 is 0.806 bits per heavy atom. The number of esters is 5. The maximum atomic E-state index is 13.6. The number of rotatable bonds is 42. The lowest BCUT2D eigenvalue weighted by molar-refractivity contribution is -0.472. The van der Waals surface area contributed by atoms with Crippen molar-refractivity contribution >= 4 is 29.8 Å². The van der Waals surface area contributed by atoms with Gasteiger partial charge in [-0.1, -0.05) is 118 Å². The molecule has 4 unspecified atom stereocenters. The molecule has 0 N–H and O–H groups in total. The van der Waals surface area contributed by atoms with E-state index in [4.69, 9.17) is 37.9 Å². The van der Waals surface area contributed by atoms with Gasteiger partial charge in [-0.3, -0.25) is 24.0 Å². The molecule has 14 nitrogen and oxygen atoms in total. The van der Waals surface area contributed by atoms with Crippen LogP contribution < -0.4 is 0 Å². The zero-order chi connectivity index (χ0) is 49.2. The molecule has 0 aliphatic carbocycles. The zero-order valence-electron chi connectivity index (χ0n) is 43.3. The standard InChI is InChI=1S/C53H95NO13/c1-8-13-21-29-43(64-48(56)31-22-14-9-2)45(66-50(58)33-24-16-11-4)38-46(67-51(59)34-25-17-12-5)44(65-49(57)32-23-15-10-3)30-26-19-18-20-27-36-53-61-40-52(41-62-53,42-63-53)39-60-47(55)35-28-37-54(6)7/h43-46H,8-42H2,1-7H3. The third-order valence-corrected chi connectivity index (χ3v) is 12.7. The van der Waals surface area contributed by atoms with E-state index >= 15 is 0 Å². The molecule has 0 amide bonds. The van der Waals surface area contributed by atoms with Crippen LogP contribution in [0.15, 0.2) is 0 Å². The molecule has 390 valence electrons. The number of carbonyl (C=O) groups is 5. The second kappa shape index (κ2) is 36.2. The van der Waals surface area contributed by atoms with E-state index in [1.54, 1.807) is 0 Å². The first-order valence-corrected chi connectivity index (χ1v) is 26.8. The van der Waals surface area contributed by atoms with Crippen molar-refractivity contribution in [2.45, 2.75) is 258 Å². The van der Waals surface area contributed by atoms with Gasteiger partial charge in [0.2, 0.25) is 0 Å². The Hall–Kier alpha value is -2.81. The highest BCUT2D eigenvalue weighted by Crippen LogP contribution is 2.41. The largest absolute Gasteiger partial charge is 0.465 e. The lowest BCUT2D eigenvalue weighted by Crippen LogP contribution is -2.61. The molecule has 3 saturated heterocycles. The van der Waals surface area contributed by atoms with E-state index in [-0.39, 0.29) is 68.6 Å². The van der Waals surface area contributed by atoms with Gasteiger partial charge in [0, 0.05) is 44.9 Å². The second-order valence-electron chi connectivity index (χ2n) is 19.6. The Labute approximate surface area is 405 Å². The molecule has 3 fully saturated rings. The molecular weight excluding hydrogens is 859 g/mol. The predicted octanol–water partition coefficient (Wildman–Crippen LogP) is 11.3. The fourth-order valence-electron chi connectivity index (χ4n) is 8.45. The van der Waals surface area contributed by atoms with Gasteiger partial charge in [0.1, 0.15) is 31.0 Å². The maximum Gasteiger partial charge on any atom is 0.306 e. The van der Waals surface area contributed by atoms with Crippen LogP contribution in [-0.4, -0.2) is 112 Å². The summed E-state index contributed by atoms with van der Waals surface area (Å²) < 4.78 is 48.9. The lowest BCUT2D eigenvalue weighted by atomic mass is 9.89. The predicted molar refractivity (Wildman–Crippen MR) is 259 cm³/mol. The van der Waals surface area contributed by atoms with Crippen molar-refractivity contribution in [2.24, 2.45) is 5.41 Å². The summed E-state index contributed by atoms with van der Waals surface area (Å²) in [5, 5.41) is 0. The van der Waals surface area contributed by atoms with Crippen LogP contribution in [0.1, 0.15) is 227 Å². The van der Waals surface area contributed by atoms with Crippen LogP contribution in [0.5, 0.6) is 0 Å². The highest BCUT2D eigenvalue weighted by molar-refractivity contribution is 5.72. The number of fused-ring (bicyclic) bond motifs is 3. The van der Waals surface area contributed by atoms with Gasteiger partial charge in [0.05, 0.1) is 25.2 Å². The molecule has 0 spiro atoms. The molecule has 67 heavy (non-hydrogen) atoms. The summed E-state index contributed by atoms with van der Waals surface area (Å²) in [6.45, 7) is 12.7. The van der Waals surface area contributed by atoms with Crippen molar-refractivity contribution in [1.82, 2.24) is 4.90 Å². The Bertz CT molecular complexity index is 1330. The van der Waals surface area contributed by atoms with E-state index in [1.807, 2.05) is 19.0 Å². The minimum absolute atomic E-state index is 0.0492. The van der Waals surface area contributed by atoms with E-state index < -0.39 is 35.8 Å². The molecule has 0 aromatic heterocycles. The first-order chi connectivity index (χ1) is 32.3. The first-order valence-electron chi connectivity index (χ1n) is 26.8.